The van der Waals surface area contributed by atoms with Gasteiger partial charge in [-0.05, 0) is 75.1 Å². The Hall–Kier alpha value is -2.83. The Balaban J connectivity index is 1.68. The van der Waals surface area contributed by atoms with Gasteiger partial charge in [-0.3, -0.25) is 9.59 Å². The Labute approximate surface area is 181 Å². The Morgan fingerprint density at radius 3 is 2.58 bits per heavy atom. The van der Waals surface area contributed by atoms with Crippen molar-refractivity contribution in [3.05, 3.63) is 39.7 Å². The predicted octanol–water partition coefficient (Wildman–Crippen LogP) is 3.83. The van der Waals surface area contributed by atoms with Crippen LogP contribution in [0.4, 0.5) is 0 Å². The summed E-state index contributed by atoms with van der Waals surface area (Å²) in [6, 6.07) is 5.16. The molecule has 7 heteroatoms. The maximum atomic E-state index is 12.6. The van der Waals surface area contributed by atoms with Crippen molar-refractivity contribution >= 4 is 22.8 Å². The van der Waals surface area contributed by atoms with E-state index in [4.69, 9.17) is 14.3 Å². The van der Waals surface area contributed by atoms with Gasteiger partial charge in [-0.15, -0.1) is 0 Å². The van der Waals surface area contributed by atoms with Crippen LogP contribution in [0.2, 0.25) is 0 Å². The number of aryl methyl sites for hydroxylation is 2. The van der Waals surface area contributed by atoms with Gasteiger partial charge in [0.15, 0.2) is 6.10 Å². The number of hydrogen-bond donors (Lipinski definition) is 2. The minimum Gasteiger partial charge on any atom is -0.481 e. The predicted molar refractivity (Wildman–Crippen MR) is 117 cm³/mol. The minimum atomic E-state index is -0.729. The number of amides is 1. The summed E-state index contributed by atoms with van der Waals surface area (Å²) >= 11 is 0. The molecule has 1 atom stereocenters. The molecule has 0 spiro atoms. The third kappa shape index (κ3) is 5.66. The number of carboxylic acid groups (broad SMARTS) is 1. The fraction of sp³-hybridized carbons (Fsp3) is 0.542. The summed E-state index contributed by atoms with van der Waals surface area (Å²) in [5.41, 5.74) is 1.80. The van der Waals surface area contributed by atoms with E-state index in [0.717, 1.165) is 35.8 Å². The number of carbonyl (C=O) groups excluding carboxylic acids is 1. The van der Waals surface area contributed by atoms with Gasteiger partial charge in [0.2, 0.25) is 0 Å². The molecule has 1 amide bonds. The summed E-state index contributed by atoms with van der Waals surface area (Å²) in [6.07, 6.45) is 3.77. The van der Waals surface area contributed by atoms with Gasteiger partial charge in [0, 0.05) is 12.6 Å². The zero-order chi connectivity index (χ0) is 22.5. The van der Waals surface area contributed by atoms with E-state index in [9.17, 15) is 14.4 Å². The molecule has 31 heavy (non-hydrogen) atoms. The van der Waals surface area contributed by atoms with Crippen molar-refractivity contribution in [2.75, 3.05) is 6.54 Å². The van der Waals surface area contributed by atoms with Crippen LogP contribution < -0.4 is 15.7 Å². The van der Waals surface area contributed by atoms with Crippen molar-refractivity contribution in [3.63, 3.8) is 0 Å². The summed E-state index contributed by atoms with van der Waals surface area (Å²) in [5, 5.41) is 12.8. The molecule has 3 rings (SSSR count). The standard InChI is InChI=1S/C24H31NO6/c1-4-5-18-12-21(26)31-20-11-14(2)10-19(22(18)20)30-15(3)23(27)25-13-16-6-8-17(9-7-16)24(28)29/h10-12,15-17H,4-9,13H2,1-3H3,(H,25,27)(H,28,29)/t15-,16?,17?/m0/s1. The maximum absolute atomic E-state index is 12.6. The normalized spacial score (nSPS) is 19.7. The highest BCUT2D eigenvalue weighted by Crippen LogP contribution is 2.32. The molecule has 0 aliphatic heterocycles. The second-order valence-electron chi connectivity index (χ2n) is 8.54. The van der Waals surface area contributed by atoms with E-state index in [1.807, 2.05) is 19.9 Å². The zero-order valence-corrected chi connectivity index (χ0v) is 18.4. The van der Waals surface area contributed by atoms with Gasteiger partial charge in [-0.2, -0.15) is 0 Å². The molecule has 1 aromatic carbocycles. The van der Waals surface area contributed by atoms with E-state index in [-0.39, 0.29) is 17.7 Å². The largest absolute Gasteiger partial charge is 0.481 e. The molecular formula is C24H31NO6. The molecule has 168 valence electrons. The molecular weight excluding hydrogens is 398 g/mol. The van der Waals surface area contributed by atoms with Gasteiger partial charge < -0.3 is 19.6 Å². The number of hydrogen-bond acceptors (Lipinski definition) is 5. The quantitative estimate of drug-likeness (QED) is 0.618. The number of carboxylic acids is 1. The van der Waals surface area contributed by atoms with E-state index in [0.29, 0.717) is 37.1 Å². The van der Waals surface area contributed by atoms with E-state index in [2.05, 4.69) is 5.32 Å². The number of nitrogens with one attached hydrogen (secondary N) is 1. The van der Waals surface area contributed by atoms with Crippen molar-refractivity contribution in [2.24, 2.45) is 11.8 Å². The highest BCUT2D eigenvalue weighted by molar-refractivity contribution is 5.88. The number of ether oxygens (including phenoxy) is 1. The first-order chi connectivity index (χ1) is 14.8. The fourth-order valence-corrected chi connectivity index (χ4v) is 4.28. The Morgan fingerprint density at radius 1 is 1.23 bits per heavy atom. The molecule has 2 aromatic rings. The average molecular weight is 430 g/mol. The first kappa shape index (κ1) is 22.8. The van der Waals surface area contributed by atoms with Crippen molar-refractivity contribution in [3.8, 4) is 5.75 Å². The number of benzene rings is 1. The molecule has 1 aromatic heterocycles. The van der Waals surface area contributed by atoms with Crippen LogP contribution in [-0.4, -0.2) is 29.6 Å². The van der Waals surface area contributed by atoms with Crippen LogP contribution in [0.25, 0.3) is 11.0 Å². The van der Waals surface area contributed by atoms with E-state index >= 15 is 0 Å². The molecule has 1 aliphatic carbocycles. The van der Waals surface area contributed by atoms with Crippen LogP contribution in [0, 0.1) is 18.8 Å². The topological polar surface area (TPSA) is 106 Å². The molecule has 0 saturated heterocycles. The van der Waals surface area contributed by atoms with Crippen molar-refractivity contribution in [1.29, 1.82) is 0 Å². The van der Waals surface area contributed by atoms with Crippen LogP contribution >= 0.6 is 0 Å². The molecule has 0 radical (unpaired) electrons. The molecule has 0 unspecified atom stereocenters. The van der Waals surface area contributed by atoms with E-state index < -0.39 is 17.7 Å². The zero-order valence-electron chi connectivity index (χ0n) is 18.4. The number of fused-ring (bicyclic) bond motifs is 1. The molecule has 1 aliphatic rings. The lowest BCUT2D eigenvalue weighted by molar-refractivity contribution is -0.143. The minimum absolute atomic E-state index is 0.218. The molecule has 1 heterocycles. The number of carbonyl (C=O) groups is 2. The second-order valence-corrected chi connectivity index (χ2v) is 8.54. The Kier molecular flexibility index (Phi) is 7.36. The number of aliphatic carboxylic acids is 1. The lowest BCUT2D eigenvalue weighted by atomic mass is 9.82. The first-order valence-electron chi connectivity index (χ1n) is 11.0. The lowest BCUT2D eigenvalue weighted by Gasteiger charge is -2.26. The van der Waals surface area contributed by atoms with Crippen LogP contribution in [0.15, 0.2) is 27.4 Å². The summed E-state index contributed by atoms with van der Waals surface area (Å²) in [4.78, 5) is 35.6. The van der Waals surface area contributed by atoms with E-state index in [1.165, 1.54) is 6.07 Å². The van der Waals surface area contributed by atoms with E-state index in [1.54, 1.807) is 13.0 Å². The van der Waals surface area contributed by atoms with Gasteiger partial charge >= 0.3 is 11.6 Å². The summed E-state index contributed by atoms with van der Waals surface area (Å²) in [5.74, 6) is -0.386. The van der Waals surface area contributed by atoms with Crippen LogP contribution in [0.1, 0.15) is 57.1 Å². The number of rotatable bonds is 8. The SMILES string of the molecule is CCCc1cc(=O)oc2cc(C)cc(O[C@@H](C)C(=O)NCC3CCC(C(=O)O)CC3)c12. The molecule has 7 nitrogen and oxygen atoms in total. The van der Waals surface area contributed by atoms with Crippen LogP contribution in [-0.2, 0) is 16.0 Å². The Bertz CT molecular complexity index is 1000. The van der Waals surface area contributed by atoms with Gasteiger partial charge in [0.25, 0.3) is 5.91 Å². The maximum Gasteiger partial charge on any atom is 0.336 e. The van der Waals surface area contributed by atoms with Crippen molar-refractivity contribution in [1.82, 2.24) is 5.32 Å². The average Bonchev–Trinajstić information content (AvgIpc) is 2.71. The Morgan fingerprint density at radius 2 is 1.94 bits per heavy atom. The summed E-state index contributed by atoms with van der Waals surface area (Å²) in [6.45, 7) is 6.14. The second kappa shape index (κ2) is 9.98. The smallest absolute Gasteiger partial charge is 0.336 e. The monoisotopic (exact) mass is 429 g/mol. The van der Waals surface area contributed by atoms with Crippen LogP contribution in [0.3, 0.4) is 0 Å². The molecule has 0 bridgehead atoms. The highest BCUT2D eigenvalue weighted by Gasteiger charge is 2.27. The molecule has 1 saturated carbocycles. The lowest BCUT2D eigenvalue weighted by Crippen LogP contribution is -2.39. The van der Waals surface area contributed by atoms with Crippen molar-refractivity contribution in [2.45, 2.75) is 65.4 Å². The third-order valence-electron chi connectivity index (χ3n) is 5.99. The van der Waals surface area contributed by atoms with Gasteiger partial charge in [-0.1, -0.05) is 13.3 Å². The summed E-state index contributed by atoms with van der Waals surface area (Å²) in [7, 11) is 0. The van der Waals surface area contributed by atoms with Gasteiger partial charge in [-0.25, -0.2) is 4.79 Å². The summed E-state index contributed by atoms with van der Waals surface area (Å²) < 4.78 is 11.4. The highest BCUT2D eigenvalue weighted by atomic mass is 16.5. The molecule has 1 fully saturated rings. The van der Waals surface area contributed by atoms with Crippen molar-refractivity contribution < 1.29 is 23.8 Å². The fourth-order valence-electron chi connectivity index (χ4n) is 4.28. The van der Waals surface area contributed by atoms with Gasteiger partial charge in [0.1, 0.15) is 11.3 Å². The van der Waals surface area contributed by atoms with Gasteiger partial charge in [0.05, 0.1) is 11.3 Å². The first-order valence-corrected chi connectivity index (χ1v) is 11.0. The third-order valence-corrected chi connectivity index (χ3v) is 5.99. The molecule has 2 N–H and O–H groups in total. The van der Waals surface area contributed by atoms with Crippen LogP contribution in [0.5, 0.6) is 5.75 Å².